The summed E-state index contributed by atoms with van der Waals surface area (Å²) in [7, 11) is 0. The molecule has 0 N–H and O–H groups in total. The fourth-order valence-corrected chi connectivity index (χ4v) is 17.8. The van der Waals surface area contributed by atoms with E-state index in [1.165, 1.54) is 0 Å². The number of anilines is 6. The number of para-hydroxylation sites is 1. The van der Waals surface area contributed by atoms with Crippen LogP contribution in [0.15, 0.2) is 337 Å². The number of hydrogen-bond acceptors (Lipinski definition) is 4. The Labute approximate surface area is 686 Å². The van der Waals surface area contributed by atoms with E-state index in [1.807, 2.05) is 178 Å². The van der Waals surface area contributed by atoms with E-state index < -0.39 is 89.5 Å². The maximum atomic E-state index is 12.4. The van der Waals surface area contributed by atoms with Crippen LogP contribution in [-0.4, -0.2) is 13.4 Å². The molecule has 0 unspecified atom stereocenters. The van der Waals surface area contributed by atoms with Crippen LogP contribution in [0.25, 0.3) is 89.0 Å². The molecule has 0 aromatic heterocycles. The van der Waals surface area contributed by atoms with Gasteiger partial charge in [-0.3, -0.25) is 0 Å². The summed E-state index contributed by atoms with van der Waals surface area (Å²) in [5, 5.41) is 0. The van der Waals surface area contributed by atoms with E-state index in [9.17, 15) is 19.2 Å². The molecule has 4 aliphatic rings. The molecule has 6 heteroatoms. The quantitative estimate of drug-likeness (QED) is 0.127. The van der Waals surface area contributed by atoms with Gasteiger partial charge >= 0.3 is 0 Å². The zero-order chi connectivity index (χ0) is 88.9. The molecule has 0 spiro atoms. The Balaban J connectivity index is 1.09. The summed E-state index contributed by atoms with van der Waals surface area (Å²) in [5.41, 5.74) is 14.3. The van der Waals surface area contributed by atoms with Crippen LogP contribution < -0.4 is 47.3 Å². The van der Waals surface area contributed by atoms with E-state index in [2.05, 4.69) is 157 Å². The molecule has 0 aliphatic carbocycles. The van der Waals surface area contributed by atoms with Crippen LogP contribution in [-0.2, 0) is 21.7 Å². The second-order valence-electron chi connectivity index (χ2n) is 34.0. The predicted molar refractivity (Wildman–Crippen MR) is 480 cm³/mol. The minimum Gasteiger partial charge on any atom is -0.459 e. The smallest absolute Gasteiger partial charge is 0.256 e. The van der Waals surface area contributed by atoms with Crippen molar-refractivity contribution >= 4 is 92.1 Å². The molecule has 0 saturated carbocycles. The lowest BCUT2D eigenvalue weighted by Crippen LogP contribution is -2.65. The minimum absolute atomic E-state index is 0.00254. The van der Waals surface area contributed by atoms with E-state index in [0.717, 1.165) is 84.1 Å². The van der Waals surface area contributed by atoms with Crippen molar-refractivity contribution in [1.82, 2.24) is 0 Å². The largest absolute Gasteiger partial charge is 0.459 e. The van der Waals surface area contributed by atoms with Crippen molar-refractivity contribution in [3.8, 4) is 101 Å². The maximum Gasteiger partial charge on any atom is 0.256 e. The summed E-state index contributed by atoms with van der Waals surface area (Å²) in [5.74, 6) is -0.314. The third-order valence-electron chi connectivity index (χ3n) is 22.5. The van der Waals surface area contributed by atoms with Crippen molar-refractivity contribution in [1.29, 1.82) is 0 Å². The van der Waals surface area contributed by atoms with E-state index >= 15 is 0 Å². The van der Waals surface area contributed by atoms with Crippen LogP contribution in [0.3, 0.4) is 0 Å². The molecule has 4 aliphatic heterocycles. The van der Waals surface area contributed by atoms with Gasteiger partial charge in [-0.1, -0.05) is 349 Å². The van der Waals surface area contributed by atoms with Gasteiger partial charge in [0.25, 0.3) is 13.4 Å². The van der Waals surface area contributed by atoms with E-state index in [1.54, 1.807) is 0 Å². The molecule has 0 amide bonds. The molecule has 0 saturated heterocycles. The Bertz CT molecular complexity index is 6970. The van der Waals surface area contributed by atoms with Gasteiger partial charge in [0.1, 0.15) is 11.5 Å². The lowest BCUT2D eigenvalue weighted by molar-refractivity contribution is 0.490. The molecule has 3 nitrogen and oxygen atoms in total. The highest BCUT2D eigenvalue weighted by Gasteiger charge is 2.51. The van der Waals surface area contributed by atoms with Gasteiger partial charge in [0.2, 0.25) is 0 Å². The summed E-state index contributed by atoms with van der Waals surface area (Å²) in [6, 6.07) is 76.0. The summed E-state index contributed by atoms with van der Waals surface area (Å²) < 4.78 is 156. The molecule has 0 atom stereocenters. The van der Waals surface area contributed by atoms with Crippen LogP contribution in [0.4, 0.5) is 34.1 Å². The number of rotatable bonds is 10. The van der Waals surface area contributed by atoms with Crippen LogP contribution in [0.2, 0.25) is 0 Å². The normalized spacial score (nSPS) is 15.1. The Morgan fingerprint density at radius 2 is 0.705 bits per heavy atom. The molecule has 15 aromatic rings. The van der Waals surface area contributed by atoms with E-state index in [-0.39, 0.29) is 101 Å². The second kappa shape index (κ2) is 27.0. The summed E-state index contributed by atoms with van der Waals surface area (Å²) in [6.45, 7) is 22.7. The molecule has 112 heavy (non-hydrogen) atoms. The van der Waals surface area contributed by atoms with Gasteiger partial charge in [-0.2, -0.15) is 0 Å². The van der Waals surface area contributed by atoms with Crippen LogP contribution in [0.5, 0.6) is 11.5 Å². The summed E-state index contributed by atoms with van der Waals surface area (Å²) >= 11 is 0.986. The Morgan fingerprint density at radius 3 is 1.20 bits per heavy atom. The molecular formula is C106H90B2N2OS. The zero-order valence-electron chi connectivity index (χ0n) is 79.0. The average molecular weight is 1480 g/mol. The average Bonchev–Trinajstić information content (AvgIpc) is 0.661. The van der Waals surface area contributed by atoms with Gasteiger partial charge in [-0.05, 0) is 217 Å². The van der Waals surface area contributed by atoms with Gasteiger partial charge in [0.05, 0.1) is 30.6 Å². The molecule has 0 fully saturated rings. The van der Waals surface area contributed by atoms with E-state index in [4.69, 9.17) is 4.74 Å². The van der Waals surface area contributed by atoms with Gasteiger partial charge in [0, 0.05) is 54.8 Å². The van der Waals surface area contributed by atoms with Crippen molar-refractivity contribution in [3.05, 3.63) is 350 Å². The number of hydrogen-bond donors (Lipinski definition) is 0. The number of fused-ring (bicyclic) bond motifs is 9. The number of benzene rings is 15. The van der Waals surface area contributed by atoms with Crippen molar-refractivity contribution in [2.75, 3.05) is 9.80 Å². The highest BCUT2D eigenvalue weighted by atomic mass is 32.2. The van der Waals surface area contributed by atoms with Gasteiger partial charge in [-0.25, -0.2) is 0 Å². The van der Waals surface area contributed by atoms with Crippen molar-refractivity contribution in [2.24, 2.45) is 0 Å². The minimum atomic E-state index is -1.46. The lowest BCUT2D eigenvalue weighted by atomic mass is 9.30. The summed E-state index contributed by atoms with van der Waals surface area (Å²) in [4.78, 5) is 4.57. The third-order valence-corrected chi connectivity index (χ3v) is 23.6. The van der Waals surface area contributed by atoms with Gasteiger partial charge < -0.3 is 14.5 Å². The number of ether oxygens (including phenoxy) is 1. The first-order valence-corrected chi connectivity index (χ1v) is 39.5. The van der Waals surface area contributed by atoms with E-state index in [0.29, 0.717) is 56.0 Å². The van der Waals surface area contributed by atoms with Crippen molar-refractivity contribution in [3.63, 3.8) is 0 Å². The van der Waals surface area contributed by atoms with Crippen LogP contribution in [0, 0.1) is 0 Å². The standard InChI is InChI=1S/C106H90B2N2OS/c1-103(2,3)76-58-80(68-38-21-14-22-39-68)96(81(59-76)74-49-35-48-73(56-74)67-36-19-13-20-37-67)75-54-55-86-89(57-75)109(100-82(69-40-23-15-24-41-69)60-77(104(4,5)6)61-83(100)70-42-25-16-26-43-70)90-64-79(106(10,11)12)65-91-97(90)108(86)98-92(66-95-99-102(98)111-93-52-33-31-50-87(93)107(99)88-51-32-34-53-94(88)112-95)110(91)101-84(71-44-27-17-28-45-71)62-78(105(7,8)9)63-85(101)72-46-29-18-30-47-72/h13-66H,1-12H3/i31D,32D,33D,34D,50D,51D,52D,53D,54D,55D,57D,58D,59D,66D. The molecule has 542 valence electrons. The SMILES string of the molecule is [2H]c1c([2H])c([2H])c2c(c1[2H])Oc1c3c(c([2H])c4c1B1c5c(cc(C(C)(C)C)cc5N4c4c(-c5ccccc5)cc(C(C)(C)C)cc4-c4ccccc4)N(c4c(-c5ccccc5)cc(C(C)(C)C)cc4-c4ccccc4)c4c([2H])c(-c5c(-c6ccccc6)c([2H])c(C(C)(C)C)c([2H])c5-c5cccc(-c6ccccc6)c5)c([2H])c([2H])c41)Sc1c([2H])c([2H])c([2H])c([2H])c1B23. The Kier molecular flexibility index (Phi) is 13.6. The topological polar surface area (TPSA) is 15.7 Å². The zero-order valence-corrected chi connectivity index (χ0v) is 65.8. The highest BCUT2D eigenvalue weighted by Crippen LogP contribution is 2.58. The monoisotopic (exact) mass is 1470 g/mol. The molecule has 15 aromatic carbocycles. The van der Waals surface area contributed by atoms with Crippen molar-refractivity contribution < 1.29 is 23.9 Å². The van der Waals surface area contributed by atoms with Crippen molar-refractivity contribution in [2.45, 2.75) is 115 Å². The Hall–Kier alpha value is -11.8. The molecule has 0 bridgehead atoms. The van der Waals surface area contributed by atoms with Gasteiger partial charge in [-0.15, -0.1) is 0 Å². The number of nitrogens with zero attached hydrogens (tertiary/aromatic N) is 2. The first-order valence-electron chi connectivity index (χ1n) is 45.6. The fraction of sp³-hybridized carbons (Fsp3) is 0.151. The first-order chi connectivity index (χ1) is 60.0. The first kappa shape index (κ1) is 56.4. The Morgan fingerprint density at radius 1 is 0.295 bits per heavy atom. The van der Waals surface area contributed by atoms with Crippen LogP contribution >= 0.6 is 11.8 Å². The lowest BCUT2D eigenvalue weighted by Gasteiger charge is -2.48. The highest BCUT2D eigenvalue weighted by molar-refractivity contribution is 8.00. The molecule has 0 radical (unpaired) electrons. The molecular weight excluding hydrogens is 1370 g/mol. The second-order valence-corrected chi connectivity index (χ2v) is 35.0. The fourth-order valence-electron chi connectivity index (χ4n) is 16.7. The molecule has 4 heterocycles. The van der Waals surface area contributed by atoms with Crippen LogP contribution in [0.1, 0.15) is 125 Å². The maximum absolute atomic E-state index is 12.4. The molecule has 19 rings (SSSR count). The van der Waals surface area contributed by atoms with Gasteiger partial charge in [0.15, 0.2) is 0 Å². The predicted octanol–water partition coefficient (Wildman–Crippen LogP) is 25.4. The summed E-state index contributed by atoms with van der Waals surface area (Å²) in [6.07, 6.45) is 0. The third kappa shape index (κ3) is 12.1.